The minimum Gasteiger partial charge on any atom is -0.454 e. The standard InChI is InChI=1S/C12H11NO3/c14-7-8-16-12(15)10-5-6-13-11-4-2-1-3-9(10)11/h1-5,7,13H,6,8H2. The Labute approximate surface area is 92.9 Å². The van der Waals surface area contributed by atoms with Gasteiger partial charge >= 0.3 is 5.97 Å². The number of rotatable bonds is 3. The van der Waals surface area contributed by atoms with Crippen LogP contribution in [0.4, 0.5) is 5.69 Å². The number of hydrogen-bond acceptors (Lipinski definition) is 4. The first kappa shape index (κ1) is 10.4. The second kappa shape index (κ2) is 4.61. The van der Waals surface area contributed by atoms with Gasteiger partial charge in [0.15, 0.2) is 6.29 Å². The molecule has 1 heterocycles. The molecule has 0 bridgehead atoms. The molecule has 4 nitrogen and oxygen atoms in total. The summed E-state index contributed by atoms with van der Waals surface area (Å²) in [4.78, 5) is 21.8. The Bertz CT molecular complexity index is 451. The maximum atomic E-state index is 11.6. The number of nitrogens with one attached hydrogen (secondary N) is 1. The topological polar surface area (TPSA) is 55.4 Å². The van der Waals surface area contributed by atoms with Gasteiger partial charge in [-0.05, 0) is 6.07 Å². The molecule has 0 saturated heterocycles. The molecule has 0 unspecified atom stereocenters. The molecule has 0 atom stereocenters. The zero-order chi connectivity index (χ0) is 11.4. The van der Waals surface area contributed by atoms with E-state index in [1.807, 2.05) is 24.3 Å². The second-order valence-corrected chi connectivity index (χ2v) is 3.31. The maximum Gasteiger partial charge on any atom is 0.338 e. The summed E-state index contributed by atoms with van der Waals surface area (Å²) in [5.41, 5.74) is 2.23. The molecule has 0 amide bonds. The molecule has 1 aliphatic heterocycles. The van der Waals surface area contributed by atoms with Crippen LogP contribution in [0, 0.1) is 0 Å². The van der Waals surface area contributed by atoms with E-state index in [0.717, 1.165) is 11.3 Å². The number of ether oxygens (including phenoxy) is 1. The average Bonchev–Trinajstić information content (AvgIpc) is 2.35. The third-order valence-electron chi connectivity index (χ3n) is 2.32. The van der Waals surface area contributed by atoms with Gasteiger partial charge in [-0.25, -0.2) is 4.79 Å². The summed E-state index contributed by atoms with van der Waals surface area (Å²) >= 11 is 0. The molecular weight excluding hydrogens is 206 g/mol. The van der Waals surface area contributed by atoms with Crippen molar-refractivity contribution < 1.29 is 14.3 Å². The third-order valence-corrected chi connectivity index (χ3v) is 2.32. The van der Waals surface area contributed by atoms with Crippen molar-refractivity contribution in [3.8, 4) is 0 Å². The molecule has 0 aliphatic carbocycles. The predicted octanol–water partition coefficient (Wildman–Crippen LogP) is 1.24. The van der Waals surface area contributed by atoms with E-state index in [0.29, 0.717) is 18.4 Å². The van der Waals surface area contributed by atoms with Crippen LogP contribution in [0.3, 0.4) is 0 Å². The van der Waals surface area contributed by atoms with Crippen LogP contribution in [-0.4, -0.2) is 25.4 Å². The fourth-order valence-electron chi connectivity index (χ4n) is 1.63. The minimum absolute atomic E-state index is 0.203. The lowest BCUT2D eigenvalue weighted by Gasteiger charge is -2.17. The van der Waals surface area contributed by atoms with Gasteiger partial charge in [-0.2, -0.15) is 0 Å². The summed E-state index contributed by atoms with van der Waals surface area (Å²) in [6.45, 7) is 0.383. The zero-order valence-corrected chi connectivity index (χ0v) is 8.60. The Balaban J connectivity index is 2.25. The highest BCUT2D eigenvalue weighted by atomic mass is 16.5. The Kier molecular flexibility index (Phi) is 3.00. The molecule has 2 rings (SSSR count). The smallest absolute Gasteiger partial charge is 0.338 e. The second-order valence-electron chi connectivity index (χ2n) is 3.31. The van der Waals surface area contributed by atoms with Gasteiger partial charge in [-0.3, -0.25) is 4.79 Å². The molecule has 1 N–H and O–H groups in total. The number of aldehydes is 1. The van der Waals surface area contributed by atoms with Crippen molar-refractivity contribution in [2.75, 3.05) is 18.5 Å². The van der Waals surface area contributed by atoms with Crippen molar-refractivity contribution in [1.82, 2.24) is 0 Å². The molecule has 82 valence electrons. The van der Waals surface area contributed by atoms with E-state index in [2.05, 4.69) is 5.32 Å². The van der Waals surface area contributed by atoms with Gasteiger partial charge in [0.25, 0.3) is 0 Å². The molecule has 4 heteroatoms. The Morgan fingerprint density at radius 1 is 1.44 bits per heavy atom. The largest absolute Gasteiger partial charge is 0.454 e. The number of benzene rings is 1. The van der Waals surface area contributed by atoms with Crippen molar-refractivity contribution in [1.29, 1.82) is 0 Å². The van der Waals surface area contributed by atoms with E-state index in [1.165, 1.54) is 0 Å². The molecule has 0 saturated carbocycles. The van der Waals surface area contributed by atoms with Crippen LogP contribution in [0.1, 0.15) is 5.56 Å². The molecular formula is C12H11NO3. The highest BCUT2D eigenvalue weighted by molar-refractivity contribution is 6.19. The zero-order valence-electron chi connectivity index (χ0n) is 8.60. The molecule has 0 spiro atoms. The van der Waals surface area contributed by atoms with Crippen LogP contribution in [0.25, 0.3) is 5.57 Å². The van der Waals surface area contributed by atoms with Gasteiger partial charge < -0.3 is 10.1 Å². The van der Waals surface area contributed by atoms with E-state index in [1.54, 1.807) is 6.08 Å². The fraction of sp³-hybridized carbons (Fsp3) is 0.167. The fourth-order valence-corrected chi connectivity index (χ4v) is 1.63. The van der Waals surface area contributed by atoms with Crippen molar-refractivity contribution in [3.63, 3.8) is 0 Å². The van der Waals surface area contributed by atoms with Crippen LogP contribution in [0.2, 0.25) is 0 Å². The lowest BCUT2D eigenvalue weighted by atomic mass is 10.0. The molecule has 16 heavy (non-hydrogen) atoms. The number of esters is 1. The van der Waals surface area contributed by atoms with Crippen LogP contribution in [0.15, 0.2) is 30.3 Å². The Morgan fingerprint density at radius 3 is 3.06 bits per heavy atom. The van der Waals surface area contributed by atoms with Crippen molar-refractivity contribution in [2.45, 2.75) is 0 Å². The van der Waals surface area contributed by atoms with E-state index in [4.69, 9.17) is 4.74 Å². The summed E-state index contributed by atoms with van der Waals surface area (Å²) in [5, 5.41) is 3.15. The average molecular weight is 217 g/mol. The molecule has 0 radical (unpaired) electrons. The normalized spacial score (nSPS) is 13.1. The number of hydrogen-bond donors (Lipinski definition) is 1. The number of anilines is 1. The van der Waals surface area contributed by atoms with Gasteiger partial charge in [-0.1, -0.05) is 24.3 Å². The van der Waals surface area contributed by atoms with E-state index < -0.39 is 5.97 Å². The van der Waals surface area contributed by atoms with E-state index >= 15 is 0 Å². The van der Waals surface area contributed by atoms with Gasteiger partial charge in [0.05, 0.1) is 5.57 Å². The first-order chi connectivity index (χ1) is 7.83. The summed E-state index contributed by atoms with van der Waals surface area (Å²) in [7, 11) is 0. The first-order valence-corrected chi connectivity index (χ1v) is 4.97. The van der Waals surface area contributed by atoms with Crippen LogP contribution in [-0.2, 0) is 14.3 Å². The molecule has 1 aromatic carbocycles. The number of carbonyl (C=O) groups is 2. The van der Waals surface area contributed by atoms with Gasteiger partial charge in [0, 0.05) is 17.8 Å². The maximum absolute atomic E-state index is 11.6. The lowest BCUT2D eigenvalue weighted by Crippen LogP contribution is -2.15. The molecule has 0 aromatic heterocycles. The molecule has 0 fully saturated rings. The summed E-state index contributed by atoms with van der Waals surface area (Å²) in [6.07, 6.45) is 2.32. The highest BCUT2D eigenvalue weighted by Gasteiger charge is 2.18. The Morgan fingerprint density at radius 2 is 2.25 bits per heavy atom. The van der Waals surface area contributed by atoms with Crippen molar-refractivity contribution in [3.05, 3.63) is 35.9 Å². The van der Waals surface area contributed by atoms with Gasteiger partial charge in [0.2, 0.25) is 0 Å². The SMILES string of the molecule is O=CCOC(=O)C1=CCNc2ccccc21. The minimum atomic E-state index is -0.457. The number of para-hydroxylation sites is 1. The third kappa shape index (κ3) is 1.95. The first-order valence-electron chi connectivity index (χ1n) is 4.97. The highest BCUT2D eigenvalue weighted by Crippen LogP contribution is 2.27. The van der Waals surface area contributed by atoms with Crippen LogP contribution < -0.4 is 5.32 Å². The number of fused-ring (bicyclic) bond motifs is 1. The van der Waals surface area contributed by atoms with Crippen molar-refractivity contribution >= 4 is 23.5 Å². The molecule has 1 aromatic rings. The van der Waals surface area contributed by atoms with Gasteiger partial charge in [0.1, 0.15) is 6.61 Å². The van der Waals surface area contributed by atoms with Crippen LogP contribution in [0.5, 0.6) is 0 Å². The van der Waals surface area contributed by atoms with E-state index in [-0.39, 0.29) is 6.61 Å². The quantitative estimate of drug-likeness (QED) is 0.611. The predicted molar refractivity (Wildman–Crippen MR) is 59.9 cm³/mol. The Hall–Kier alpha value is -2.10. The van der Waals surface area contributed by atoms with Crippen molar-refractivity contribution in [2.24, 2.45) is 0 Å². The number of carbonyl (C=O) groups excluding carboxylic acids is 2. The monoisotopic (exact) mass is 217 g/mol. The summed E-state index contributed by atoms with van der Waals surface area (Å²) in [6, 6.07) is 7.49. The lowest BCUT2D eigenvalue weighted by molar-refractivity contribution is -0.139. The van der Waals surface area contributed by atoms with E-state index in [9.17, 15) is 9.59 Å². The van der Waals surface area contributed by atoms with Crippen LogP contribution >= 0.6 is 0 Å². The van der Waals surface area contributed by atoms with Gasteiger partial charge in [-0.15, -0.1) is 0 Å². The summed E-state index contributed by atoms with van der Waals surface area (Å²) in [5.74, 6) is -0.457. The molecule has 1 aliphatic rings. The summed E-state index contributed by atoms with van der Waals surface area (Å²) < 4.78 is 4.78.